The number of imide groups is 1. The number of anilines is 1. The van der Waals surface area contributed by atoms with E-state index in [1.54, 1.807) is 24.3 Å². The summed E-state index contributed by atoms with van der Waals surface area (Å²) in [6.07, 6.45) is 0.188. The molecule has 2 amide bonds. The maximum atomic E-state index is 12.9. The fraction of sp³-hybridized carbons (Fsp3) is 0.222. The molecule has 0 aliphatic carbocycles. The minimum Gasteiger partial charge on any atom is -0.332 e. The Morgan fingerprint density at radius 2 is 1.74 bits per heavy atom. The van der Waals surface area contributed by atoms with Gasteiger partial charge in [-0.05, 0) is 31.2 Å². The molecule has 2 aromatic carbocycles. The molecule has 0 bridgehead atoms. The summed E-state index contributed by atoms with van der Waals surface area (Å²) >= 11 is 0. The number of amides is 2. The van der Waals surface area contributed by atoms with Crippen molar-refractivity contribution in [1.29, 1.82) is 0 Å². The molecule has 23 heavy (non-hydrogen) atoms. The van der Waals surface area contributed by atoms with E-state index in [2.05, 4.69) is 0 Å². The first-order valence-corrected chi connectivity index (χ1v) is 7.56. The summed E-state index contributed by atoms with van der Waals surface area (Å²) in [5, 5.41) is 1.83. The molecular weight excluding hydrogens is 295 g/mol. The van der Waals surface area contributed by atoms with Crippen LogP contribution in [-0.2, 0) is 16.1 Å². The Bertz CT molecular complexity index is 726. The number of hydrogen-bond acceptors (Lipinski definition) is 2. The van der Waals surface area contributed by atoms with Crippen LogP contribution in [0, 0.1) is 12.7 Å². The van der Waals surface area contributed by atoms with E-state index in [1.165, 1.54) is 17.0 Å². The summed E-state index contributed by atoms with van der Waals surface area (Å²) in [6.45, 7) is 2.49. The molecule has 0 radical (unpaired) electrons. The number of carbonyl (C=O) groups is 2. The summed E-state index contributed by atoms with van der Waals surface area (Å²) in [6, 6.07) is 13.1. The zero-order valence-electron chi connectivity index (χ0n) is 12.8. The topological polar surface area (TPSA) is 54.0 Å². The van der Waals surface area contributed by atoms with Gasteiger partial charge in [0.25, 0.3) is 5.91 Å². The lowest BCUT2D eigenvalue weighted by Gasteiger charge is -2.14. The second-order valence-electron chi connectivity index (χ2n) is 5.78. The predicted molar refractivity (Wildman–Crippen MR) is 84.1 cm³/mol. The van der Waals surface area contributed by atoms with E-state index < -0.39 is 6.04 Å². The van der Waals surface area contributed by atoms with E-state index in [-0.39, 0.29) is 24.1 Å². The molecule has 1 aliphatic rings. The number of nitrogens with two attached hydrogens (primary N) is 1. The monoisotopic (exact) mass is 313 g/mol. The number of rotatable bonds is 4. The van der Waals surface area contributed by atoms with E-state index in [1.807, 2.05) is 24.4 Å². The van der Waals surface area contributed by atoms with Crippen LogP contribution in [0.25, 0.3) is 0 Å². The van der Waals surface area contributed by atoms with Gasteiger partial charge in [-0.2, -0.15) is 0 Å². The van der Waals surface area contributed by atoms with Gasteiger partial charge < -0.3 is 5.32 Å². The summed E-state index contributed by atoms with van der Waals surface area (Å²) in [4.78, 5) is 25.9. The Labute approximate surface area is 133 Å². The van der Waals surface area contributed by atoms with Crippen LogP contribution in [-0.4, -0.2) is 17.9 Å². The lowest BCUT2D eigenvalue weighted by Crippen LogP contribution is -2.90. The van der Waals surface area contributed by atoms with Crippen LogP contribution in [0.5, 0.6) is 0 Å². The molecule has 5 heteroatoms. The lowest BCUT2D eigenvalue weighted by atomic mass is 10.2. The van der Waals surface area contributed by atoms with E-state index in [9.17, 15) is 14.0 Å². The zero-order chi connectivity index (χ0) is 16.4. The number of hydrogen-bond donors (Lipinski definition) is 1. The van der Waals surface area contributed by atoms with Gasteiger partial charge in [-0.3, -0.25) is 9.59 Å². The van der Waals surface area contributed by atoms with Crippen LogP contribution in [0.1, 0.15) is 17.5 Å². The fourth-order valence-corrected chi connectivity index (χ4v) is 2.70. The Morgan fingerprint density at radius 3 is 2.39 bits per heavy atom. The highest BCUT2D eigenvalue weighted by molar-refractivity contribution is 6.21. The van der Waals surface area contributed by atoms with Crippen LogP contribution in [0.4, 0.5) is 10.1 Å². The molecule has 118 valence electrons. The number of halogens is 1. The van der Waals surface area contributed by atoms with Crippen molar-refractivity contribution in [2.45, 2.75) is 25.9 Å². The minimum absolute atomic E-state index is 0.181. The van der Waals surface area contributed by atoms with Gasteiger partial charge in [-0.25, -0.2) is 9.29 Å². The van der Waals surface area contributed by atoms with Crippen molar-refractivity contribution in [3.05, 3.63) is 65.5 Å². The van der Waals surface area contributed by atoms with Gasteiger partial charge in [0.1, 0.15) is 12.4 Å². The second kappa shape index (κ2) is 6.30. The number of carbonyl (C=O) groups excluding carboxylic acids is 2. The van der Waals surface area contributed by atoms with Crippen LogP contribution in [0.2, 0.25) is 0 Å². The summed E-state index contributed by atoms with van der Waals surface area (Å²) in [5.74, 6) is -0.661. The van der Waals surface area contributed by atoms with E-state index in [0.29, 0.717) is 12.2 Å². The Kier molecular flexibility index (Phi) is 4.21. The van der Waals surface area contributed by atoms with Crippen LogP contribution >= 0.6 is 0 Å². The van der Waals surface area contributed by atoms with E-state index in [0.717, 1.165) is 11.1 Å². The summed E-state index contributed by atoms with van der Waals surface area (Å²) in [7, 11) is 0. The molecule has 2 aromatic rings. The molecule has 1 saturated heterocycles. The molecule has 2 N–H and O–H groups in total. The standard InChI is InChI=1S/C18H17FN2O2/c1-12-2-8-15(9-3-12)21-17(22)10-16(18(21)23)20-11-13-4-6-14(19)7-5-13/h2-9,16,20H,10-11H2,1H3/p+1/t16-/m1/s1. The Morgan fingerprint density at radius 1 is 1.09 bits per heavy atom. The smallest absolute Gasteiger partial charge is 0.292 e. The molecule has 0 saturated carbocycles. The van der Waals surface area contributed by atoms with Crippen LogP contribution in [0.3, 0.4) is 0 Å². The quantitative estimate of drug-likeness (QED) is 0.870. The number of nitrogens with zero attached hydrogens (tertiary/aromatic N) is 1. The molecule has 3 rings (SSSR count). The Balaban J connectivity index is 1.68. The number of benzene rings is 2. The number of quaternary nitrogens is 1. The van der Waals surface area contributed by atoms with Gasteiger partial charge in [-0.1, -0.05) is 29.8 Å². The van der Waals surface area contributed by atoms with Crippen molar-refractivity contribution in [2.75, 3.05) is 4.90 Å². The minimum atomic E-state index is -0.422. The highest BCUT2D eigenvalue weighted by Gasteiger charge is 2.42. The van der Waals surface area contributed by atoms with Gasteiger partial charge in [0.15, 0.2) is 6.04 Å². The molecule has 0 spiro atoms. The largest absolute Gasteiger partial charge is 0.332 e. The molecule has 1 aliphatic heterocycles. The van der Waals surface area contributed by atoms with Crippen LogP contribution < -0.4 is 10.2 Å². The maximum absolute atomic E-state index is 12.9. The van der Waals surface area contributed by atoms with Crippen molar-refractivity contribution >= 4 is 17.5 Å². The van der Waals surface area contributed by atoms with Gasteiger partial charge in [0.2, 0.25) is 5.91 Å². The summed E-state index contributed by atoms with van der Waals surface area (Å²) in [5.41, 5.74) is 2.61. The average Bonchev–Trinajstić information content (AvgIpc) is 2.82. The molecule has 0 aromatic heterocycles. The fourth-order valence-electron chi connectivity index (χ4n) is 2.70. The third-order valence-corrected chi connectivity index (χ3v) is 4.03. The highest BCUT2D eigenvalue weighted by Crippen LogP contribution is 2.22. The van der Waals surface area contributed by atoms with Gasteiger partial charge in [0.05, 0.1) is 12.1 Å². The first-order valence-electron chi connectivity index (χ1n) is 7.56. The first kappa shape index (κ1) is 15.4. The van der Waals surface area contributed by atoms with Gasteiger partial charge in [-0.15, -0.1) is 0 Å². The van der Waals surface area contributed by atoms with Crippen LogP contribution in [0.15, 0.2) is 48.5 Å². The average molecular weight is 313 g/mol. The zero-order valence-corrected chi connectivity index (χ0v) is 12.8. The van der Waals surface area contributed by atoms with E-state index >= 15 is 0 Å². The molecule has 1 heterocycles. The van der Waals surface area contributed by atoms with E-state index in [4.69, 9.17) is 0 Å². The Hall–Kier alpha value is -2.53. The second-order valence-corrected chi connectivity index (χ2v) is 5.78. The molecule has 0 unspecified atom stereocenters. The molecule has 1 atom stereocenters. The predicted octanol–water partition coefficient (Wildman–Crippen LogP) is 1.53. The summed E-state index contributed by atoms with van der Waals surface area (Å²) < 4.78 is 12.9. The first-order chi connectivity index (χ1) is 11.0. The third kappa shape index (κ3) is 3.29. The van der Waals surface area contributed by atoms with Crippen molar-refractivity contribution < 1.29 is 19.3 Å². The number of aryl methyl sites for hydroxylation is 1. The van der Waals surface area contributed by atoms with Crippen molar-refractivity contribution in [3.8, 4) is 0 Å². The molecule has 4 nitrogen and oxygen atoms in total. The van der Waals surface area contributed by atoms with Crippen molar-refractivity contribution in [2.24, 2.45) is 0 Å². The van der Waals surface area contributed by atoms with Gasteiger partial charge in [0, 0.05) is 5.56 Å². The highest BCUT2D eigenvalue weighted by atomic mass is 19.1. The van der Waals surface area contributed by atoms with Crippen molar-refractivity contribution in [3.63, 3.8) is 0 Å². The lowest BCUT2D eigenvalue weighted by molar-refractivity contribution is -0.690. The maximum Gasteiger partial charge on any atom is 0.292 e. The molecule has 1 fully saturated rings. The SMILES string of the molecule is Cc1ccc(N2C(=O)C[C@@H]([NH2+]Cc3ccc(F)cc3)C2=O)cc1. The van der Waals surface area contributed by atoms with Crippen molar-refractivity contribution in [1.82, 2.24) is 0 Å². The third-order valence-electron chi connectivity index (χ3n) is 4.03. The van der Waals surface area contributed by atoms with Gasteiger partial charge >= 0.3 is 0 Å². The normalized spacial score (nSPS) is 17.8. The molecular formula is C18H18FN2O2+.